The Balaban J connectivity index is 2.22. The molecule has 0 N–H and O–H groups in total. The second kappa shape index (κ2) is 5.23. The van der Waals surface area contributed by atoms with E-state index >= 15 is 0 Å². The maximum Gasteiger partial charge on any atom is 0.138 e. The molecule has 1 fully saturated rings. The van der Waals surface area contributed by atoms with Gasteiger partial charge in [0.25, 0.3) is 0 Å². The number of ether oxygens (including phenoxy) is 1. The summed E-state index contributed by atoms with van der Waals surface area (Å²) in [6.45, 7) is 5.38. The smallest absolute Gasteiger partial charge is 0.138 e. The van der Waals surface area contributed by atoms with Crippen molar-refractivity contribution in [2.45, 2.75) is 13.0 Å². The van der Waals surface area contributed by atoms with Crippen LogP contribution in [0, 0.1) is 0 Å². The van der Waals surface area contributed by atoms with Crippen molar-refractivity contribution >= 4 is 21.7 Å². The third kappa shape index (κ3) is 2.72. The highest BCUT2D eigenvalue weighted by molar-refractivity contribution is 9.10. The van der Waals surface area contributed by atoms with E-state index in [0.29, 0.717) is 6.04 Å². The molecule has 1 atom stereocenters. The second-order valence-electron chi connectivity index (χ2n) is 4.48. The summed E-state index contributed by atoms with van der Waals surface area (Å²) in [5.41, 5.74) is 0. The van der Waals surface area contributed by atoms with Crippen molar-refractivity contribution in [3.05, 3.63) is 16.7 Å². The van der Waals surface area contributed by atoms with E-state index in [-0.39, 0.29) is 0 Å². The standard InChI is InChI=1S/C12H18BrN3O/c1-9-8-15(2)4-5-16(9)12-6-11(17-3)10(13)7-14-12/h6-7,9H,4-5,8H2,1-3H3/t9-/m0/s1. The van der Waals surface area contributed by atoms with Gasteiger partial charge in [-0.15, -0.1) is 0 Å². The third-order valence-corrected chi connectivity index (χ3v) is 3.75. The van der Waals surface area contributed by atoms with E-state index in [1.54, 1.807) is 13.3 Å². The van der Waals surface area contributed by atoms with Crippen LogP contribution < -0.4 is 9.64 Å². The Morgan fingerprint density at radius 1 is 1.47 bits per heavy atom. The molecule has 94 valence electrons. The number of hydrogen-bond donors (Lipinski definition) is 0. The molecule has 1 aliphatic rings. The molecule has 2 rings (SSSR count). The van der Waals surface area contributed by atoms with Crippen molar-refractivity contribution in [3.63, 3.8) is 0 Å². The zero-order valence-corrected chi connectivity index (χ0v) is 12.1. The van der Waals surface area contributed by atoms with Gasteiger partial charge < -0.3 is 14.5 Å². The quantitative estimate of drug-likeness (QED) is 0.835. The Labute approximate surface area is 111 Å². The van der Waals surface area contributed by atoms with E-state index in [9.17, 15) is 0 Å². The minimum absolute atomic E-state index is 0.479. The van der Waals surface area contributed by atoms with Gasteiger partial charge in [-0.3, -0.25) is 0 Å². The van der Waals surface area contributed by atoms with E-state index in [2.05, 4.69) is 44.7 Å². The Morgan fingerprint density at radius 3 is 2.88 bits per heavy atom. The van der Waals surface area contributed by atoms with Gasteiger partial charge in [0.1, 0.15) is 11.6 Å². The van der Waals surface area contributed by atoms with Crippen LogP contribution in [0.4, 0.5) is 5.82 Å². The lowest BCUT2D eigenvalue weighted by atomic mass is 10.2. The summed E-state index contributed by atoms with van der Waals surface area (Å²) in [7, 11) is 3.83. The van der Waals surface area contributed by atoms with Crippen LogP contribution in [0.5, 0.6) is 5.75 Å². The van der Waals surface area contributed by atoms with Crippen LogP contribution in [0.3, 0.4) is 0 Å². The van der Waals surface area contributed by atoms with Gasteiger partial charge in [0.2, 0.25) is 0 Å². The fraction of sp³-hybridized carbons (Fsp3) is 0.583. The maximum absolute atomic E-state index is 5.31. The van der Waals surface area contributed by atoms with Gasteiger partial charge in [-0.05, 0) is 29.9 Å². The Morgan fingerprint density at radius 2 is 2.24 bits per heavy atom. The van der Waals surface area contributed by atoms with Crippen LogP contribution in [0.25, 0.3) is 0 Å². The first kappa shape index (κ1) is 12.6. The third-order valence-electron chi connectivity index (χ3n) is 3.15. The number of hydrogen-bond acceptors (Lipinski definition) is 4. The fourth-order valence-corrected chi connectivity index (χ4v) is 2.58. The molecular formula is C12H18BrN3O. The normalized spacial score (nSPS) is 21.6. The molecule has 1 aromatic heterocycles. The van der Waals surface area contributed by atoms with Gasteiger partial charge in [-0.1, -0.05) is 0 Å². The molecule has 0 unspecified atom stereocenters. The summed E-state index contributed by atoms with van der Waals surface area (Å²) < 4.78 is 6.20. The lowest BCUT2D eigenvalue weighted by Crippen LogP contribution is -2.50. The number of anilines is 1. The molecule has 0 bridgehead atoms. The van der Waals surface area contributed by atoms with Gasteiger partial charge in [0.15, 0.2) is 0 Å². The van der Waals surface area contributed by atoms with Crippen LogP contribution in [-0.4, -0.2) is 49.7 Å². The van der Waals surface area contributed by atoms with E-state index in [0.717, 1.165) is 35.7 Å². The zero-order chi connectivity index (χ0) is 12.4. The summed E-state index contributed by atoms with van der Waals surface area (Å²) in [5.74, 6) is 1.83. The number of pyridine rings is 1. The van der Waals surface area contributed by atoms with E-state index in [4.69, 9.17) is 4.74 Å². The Kier molecular flexibility index (Phi) is 3.89. The molecule has 0 aromatic carbocycles. The number of methoxy groups -OCH3 is 1. The van der Waals surface area contributed by atoms with E-state index in [1.807, 2.05) is 6.07 Å². The Bertz CT molecular complexity index is 399. The molecule has 0 saturated carbocycles. The molecule has 2 heterocycles. The number of likely N-dealkylation sites (N-methyl/N-ethyl adjacent to an activating group) is 1. The number of aromatic nitrogens is 1. The summed E-state index contributed by atoms with van der Waals surface area (Å²) in [6, 6.07) is 2.47. The molecule has 0 radical (unpaired) electrons. The first-order valence-corrected chi connectivity index (χ1v) is 6.56. The minimum Gasteiger partial charge on any atom is -0.495 e. The lowest BCUT2D eigenvalue weighted by Gasteiger charge is -2.39. The molecule has 4 nitrogen and oxygen atoms in total. The SMILES string of the molecule is COc1cc(N2CCN(C)C[C@@H]2C)ncc1Br. The first-order valence-electron chi connectivity index (χ1n) is 5.76. The average molecular weight is 300 g/mol. The predicted octanol–water partition coefficient (Wildman–Crippen LogP) is 1.99. The number of piperazine rings is 1. The molecule has 17 heavy (non-hydrogen) atoms. The summed E-state index contributed by atoms with van der Waals surface area (Å²) in [5, 5.41) is 0. The van der Waals surface area contributed by atoms with Crippen molar-refractivity contribution in [2.75, 3.05) is 38.7 Å². The molecular weight excluding hydrogens is 282 g/mol. The van der Waals surface area contributed by atoms with Gasteiger partial charge in [0.05, 0.1) is 11.6 Å². The highest BCUT2D eigenvalue weighted by atomic mass is 79.9. The summed E-state index contributed by atoms with van der Waals surface area (Å²) in [6.07, 6.45) is 1.80. The fourth-order valence-electron chi connectivity index (χ4n) is 2.20. The second-order valence-corrected chi connectivity index (χ2v) is 5.34. The van der Waals surface area contributed by atoms with Gasteiger partial charge in [-0.25, -0.2) is 4.98 Å². The average Bonchev–Trinajstić information content (AvgIpc) is 2.30. The molecule has 0 aliphatic carbocycles. The van der Waals surface area contributed by atoms with Crippen LogP contribution in [0.2, 0.25) is 0 Å². The minimum atomic E-state index is 0.479. The van der Waals surface area contributed by atoms with Crippen LogP contribution in [0.1, 0.15) is 6.92 Å². The molecule has 0 spiro atoms. The van der Waals surface area contributed by atoms with Crippen molar-refractivity contribution in [3.8, 4) is 5.75 Å². The summed E-state index contributed by atoms with van der Waals surface area (Å²) in [4.78, 5) is 9.14. The van der Waals surface area contributed by atoms with Crippen LogP contribution >= 0.6 is 15.9 Å². The van der Waals surface area contributed by atoms with E-state index < -0.39 is 0 Å². The van der Waals surface area contributed by atoms with Crippen molar-refractivity contribution in [1.82, 2.24) is 9.88 Å². The lowest BCUT2D eigenvalue weighted by molar-refractivity contribution is 0.274. The number of rotatable bonds is 2. The van der Waals surface area contributed by atoms with Crippen LogP contribution in [0.15, 0.2) is 16.7 Å². The topological polar surface area (TPSA) is 28.6 Å². The van der Waals surface area contributed by atoms with Gasteiger partial charge in [0, 0.05) is 37.9 Å². The largest absolute Gasteiger partial charge is 0.495 e. The molecule has 5 heteroatoms. The zero-order valence-electron chi connectivity index (χ0n) is 10.5. The first-order chi connectivity index (χ1) is 8.11. The van der Waals surface area contributed by atoms with Gasteiger partial charge >= 0.3 is 0 Å². The molecule has 1 aromatic rings. The molecule has 1 saturated heterocycles. The van der Waals surface area contributed by atoms with Gasteiger partial charge in [-0.2, -0.15) is 0 Å². The highest BCUT2D eigenvalue weighted by Crippen LogP contribution is 2.28. The van der Waals surface area contributed by atoms with Crippen molar-refractivity contribution in [1.29, 1.82) is 0 Å². The van der Waals surface area contributed by atoms with Crippen molar-refractivity contribution < 1.29 is 4.74 Å². The molecule has 0 amide bonds. The van der Waals surface area contributed by atoms with Crippen molar-refractivity contribution in [2.24, 2.45) is 0 Å². The number of halogens is 1. The molecule has 1 aliphatic heterocycles. The monoisotopic (exact) mass is 299 g/mol. The van der Waals surface area contributed by atoms with E-state index in [1.165, 1.54) is 0 Å². The van der Waals surface area contributed by atoms with Crippen LogP contribution in [-0.2, 0) is 0 Å². The Hall–Kier alpha value is -0.810. The number of nitrogens with zero attached hydrogens (tertiary/aromatic N) is 3. The predicted molar refractivity (Wildman–Crippen MR) is 72.8 cm³/mol. The maximum atomic E-state index is 5.31. The highest BCUT2D eigenvalue weighted by Gasteiger charge is 2.23. The summed E-state index contributed by atoms with van der Waals surface area (Å²) >= 11 is 3.43.